The fourth-order valence-electron chi connectivity index (χ4n) is 2.03. The molecular weight excluding hydrogens is 300 g/mol. The summed E-state index contributed by atoms with van der Waals surface area (Å²) in [4.78, 5) is 24.8. The van der Waals surface area contributed by atoms with Crippen molar-refractivity contribution in [1.29, 1.82) is 0 Å². The predicted octanol–water partition coefficient (Wildman–Crippen LogP) is 1.36. The molecule has 1 aliphatic heterocycles. The normalized spacial score (nSPS) is 14.8. The first-order chi connectivity index (χ1) is 10.5. The van der Waals surface area contributed by atoms with Crippen molar-refractivity contribution in [3.63, 3.8) is 0 Å². The minimum Gasteiger partial charge on any atom is -0.466 e. The summed E-state index contributed by atoms with van der Waals surface area (Å²) in [6.45, 7) is -0.385. The van der Waals surface area contributed by atoms with E-state index in [0.717, 1.165) is 31.3 Å². The Morgan fingerprint density at radius 2 is 1.86 bits per heavy atom. The molecule has 0 amide bonds. The van der Waals surface area contributed by atoms with Crippen LogP contribution in [0.3, 0.4) is 0 Å². The van der Waals surface area contributed by atoms with Gasteiger partial charge in [0.1, 0.15) is 24.1 Å². The van der Waals surface area contributed by atoms with Gasteiger partial charge in [0.25, 0.3) is 0 Å². The molecule has 0 spiro atoms. The standard InChI is InChI=1S/C14H13F2NO5/c1-20-13(18)9-6-22-7-17(12(9)14(19)21-2)11-4-3-8(15)5-10(11)16/h3-5H,6-7H2,1-2H3. The number of ether oxygens (including phenoxy) is 3. The smallest absolute Gasteiger partial charge is 0.355 e. The summed E-state index contributed by atoms with van der Waals surface area (Å²) in [5.41, 5.74) is -0.432. The second-order valence-corrected chi connectivity index (χ2v) is 4.31. The van der Waals surface area contributed by atoms with Crippen LogP contribution in [-0.4, -0.2) is 39.5 Å². The molecule has 118 valence electrons. The zero-order valence-corrected chi connectivity index (χ0v) is 11.9. The first kappa shape index (κ1) is 15.9. The fraction of sp³-hybridized carbons (Fsp3) is 0.286. The number of methoxy groups -OCH3 is 2. The van der Waals surface area contributed by atoms with Gasteiger partial charge in [-0.2, -0.15) is 0 Å². The lowest BCUT2D eigenvalue weighted by Crippen LogP contribution is -2.39. The van der Waals surface area contributed by atoms with E-state index in [-0.39, 0.29) is 30.3 Å². The largest absolute Gasteiger partial charge is 0.466 e. The highest BCUT2D eigenvalue weighted by Crippen LogP contribution is 2.29. The van der Waals surface area contributed by atoms with Crippen molar-refractivity contribution >= 4 is 17.6 Å². The lowest BCUT2D eigenvalue weighted by molar-refractivity contribution is -0.140. The van der Waals surface area contributed by atoms with E-state index in [1.807, 2.05) is 0 Å². The van der Waals surface area contributed by atoms with Crippen LogP contribution in [0, 0.1) is 11.6 Å². The molecule has 1 aromatic rings. The van der Waals surface area contributed by atoms with E-state index < -0.39 is 23.6 Å². The minimum absolute atomic E-state index is 0.107. The van der Waals surface area contributed by atoms with Gasteiger partial charge in [0.05, 0.1) is 32.1 Å². The molecule has 1 heterocycles. The van der Waals surface area contributed by atoms with Gasteiger partial charge in [0.15, 0.2) is 0 Å². The summed E-state index contributed by atoms with van der Waals surface area (Å²) >= 11 is 0. The van der Waals surface area contributed by atoms with Crippen LogP contribution in [-0.2, 0) is 23.8 Å². The van der Waals surface area contributed by atoms with Crippen LogP contribution in [0.5, 0.6) is 0 Å². The highest BCUT2D eigenvalue weighted by Gasteiger charge is 2.33. The van der Waals surface area contributed by atoms with Crippen molar-refractivity contribution in [2.75, 3.05) is 32.5 Å². The monoisotopic (exact) mass is 313 g/mol. The Balaban J connectivity index is 2.57. The zero-order valence-electron chi connectivity index (χ0n) is 11.9. The minimum atomic E-state index is -0.906. The second kappa shape index (κ2) is 6.52. The Hall–Kier alpha value is -2.48. The van der Waals surface area contributed by atoms with Gasteiger partial charge in [-0.3, -0.25) is 0 Å². The highest BCUT2D eigenvalue weighted by atomic mass is 19.1. The van der Waals surface area contributed by atoms with Crippen LogP contribution in [0.25, 0.3) is 0 Å². The average Bonchev–Trinajstić information content (AvgIpc) is 2.52. The summed E-state index contributed by atoms with van der Waals surface area (Å²) in [5.74, 6) is -3.33. The van der Waals surface area contributed by atoms with Crippen LogP contribution in [0.15, 0.2) is 29.5 Å². The third-order valence-electron chi connectivity index (χ3n) is 3.03. The van der Waals surface area contributed by atoms with Gasteiger partial charge in [0, 0.05) is 6.07 Å². The molecule has 8 heteroatoms. The van der Waals surface area contributed by atoms with E-state index in [4.69, 9.17) is 4.74 Å². The third kappa shape index (κ3) is 2.91. The molecule has 0 unspecified atom stereocenters. The van der Waals surface area contributed by atoms with Crippen LogP contribution in [0.4, 0.5) is 14.5 Å². The van der Waals surface area contributed by atoms with Gasteiger partial charge in [-0.25, -0.2) is 18.4 Å². The van der Waals surface area contributed by atoms with Crippen molar-refractivity contribution in [2.45, 2.75) is 0 Å². The van der Waals surface area contributed by atoms with Crippen molar-refractivity contribution in [2.24, 2.45) is 0 Å². The van der Waals surface area contributed by atoms with Gasteiger partial charge in [0.2, 0.25) is 0 Å². The molecule has 0 bridgehead atoms. The molecule has 0 atom stereocenters. The Morgan fingerprint density at radius 3 is 2.45 bits per heavy atom. The molecular formula is C14H13F2NO5. The Bertz CT molecular complexity index is 644. The SMILES string of the molecule is COC(=O)C1=C(C(=O)OC)N(c2ccc(F)cc2F)COC1. The quantitative estimate of drug-likeness (QED) is 0.785. The number of nitrogens with zero attached hydrogens (tertiary/aromatic N) is 1. The van der Waals surface area contributed by atoms with E-state index in [1.165, 1.54) is 0 Å². The third-order valence-corrected chi connectivity index (χ3v) is 3.03. The molecule has 0 saturated carbocycles. The van der Waals surface area contributed by atoms with Gasteiger partial charge >= 0.3 is 11.9 Å². The summed E-state index contributed by atoms with van der Waals surface area (Å²) in [6.07, 6.45) is 0. The number of esters is 2. The Kier molecular flexibility index (Phi) is 4.71. The predicted molar refractivity (Wildman–Crippen MR) is 70.7 cm³/mol. The summed E-state index contributed by atoms with van der Waals surface area (Å²) in [7, 11) is 2.26. The van der Waals surface area contributed by atoms with Crippen LogP contribution >= 0.6 is 0 Å². The molecule has 2 rings (SSSR count). The molecule has 0 fully saturated rings. The number of rotatable bonds is 3. The summed E-state index contributed by atoms with van der Waals surface area (Å²) in [6, 6.07) is 2.83. The number of carbonyl (C=O) groups excluding carboxylic acids is 2. The first-order valence-corrected chi connectivity index (χ1v) is 6.19. The molecule has 0 radical (unpaired) electrons. The van der Waals surface area contributed by atoms with Crippen LogP contribution < -0.4 is 4.90 Å². The number of anilines is 1. The maximum atomic E-state index is 14.0. The second-order valence-electron chi connectivity index (χ2n) is 4.31. The highest BCUT2D eigenvalue weighted by molar-refractivity contribution is 6.03. The Labute approximate surface area is 124 Å². The average molecular weight is 313 g/mol. The van der Waals surface area contributed by atoms with Crippen molar-refractivity contribution in [3.05, 3.63) is 41.1 Å². The molecule has 1 aromatic carbocycles. The molecule has 1 aliphatic rings. The Morgan fingerprint density at radius 1 is 1.18 bits per heavy atom. The number of carbonyl (C=O) groups is 2. The van der Waals surface area contributed by atoms with Gasteiger partial charge in [-0.15, -0.1) is 0 Å². The van der Waals surface area contributed by atoms with Crippen molar-refractivity contribution in [1.82, 2.24) is 0 Å². The van der Waals surface area contributed by atoms with E-state index in [9.17, 15) is 18.4 Å². The summed E-state index contributed by atoms with van der Waals surface area (Å²) in [5, 5.41) is 0. The maximum absolute atomic E-state index is 14.0. The summed E-state index contributed by atoms with van der Waals surface area (Å²) < 4.78 is 41.4. The van der Waals surface area contributed by atoms with E-state index in [2.05, 4.69) is 9.47 Å². The molecule has 0 aromatic heterocycles. The van der Waals surface area contributed by atoms with Crippen molar-refractivity contribution < 1.29 is 32.6 Å². The number of benzene rings is 1. The van der Waals surface area contributed by atoms with Crippen LogP contribution in [0.2, 0.25) is 0 Å². The van der Waals surface area contributed by atoms with Gasteiger partial charge in [-0.05, 0) is 12.1 Å². The topological polar surface area (TPSA) is 65.1 Å². The van der Waals surface area contributed by atoms with E-state index in [0.29, 0.717) is 6.07 Å². The molecule has 0 aliphatic carbocycles. The lowest BCUT2D eigenvalue weighted by atomic mass is 10.1. The number of hydrogen-bond acceptors (Lipinski definition) is 6. The van der Waals surface area contributed by atoms with E-state index in [1.54, 1.807) is 0 Å². The van der Waals surface area contributed by atoms with Gasteiger partial charge in [-0.1, -0.05) is 0 Å². The lowest BCUT2D eigenvalue weighted by Gasteiger charge is -2.31. The molecule has 0 saturated heterocycles. The maximum Gasteiger partial charge on any atom is 0.355 e. The first-order valence-electron chi connectivity index (χ1n) is 6.19. The van der Waals surface area contributed by atoms with Crippen LogP contribution in [0.1, 0.15) is 0 Å². The van der Waals surface area contributed by atoms with E-state index >= 15 is 0 Å². The number of halogens is 2. The zero-order chi connectivity index (χ0) is 16.3. The molecule has 6 nitrogen and oxygen atoms in total. The molecule has 22 heavy (non-hydrogen) atoms. The van der Waals surface area contributed by atoms with Gasteiger partial charge < -0.3 is 19.1 Å². The molecule has 0 N–H and O–H groups in total. The fourth-order valence-corrected chi connectivity index (χ4v) is 2.03. The van der Waals surface area contributed by atoms with Crippen molar-refractivity contribution in [3.8, 4) is 0 Å². The number of hydrogen-bond donors (Lipinski definition) is 0.